The van der Waals surface area contributed by atoms with Crippen LogP contribution in [0.15, 0.2) is 60.9 Å². The standard InChI is InChI=1S/C17H17N3O2/c1-21-15-7-8-16(17(12-15)22-2)19-13-5-3-6-14(11-13)20-10-4-9-18-20/h3-12,19H,1-2H3. The molecule has 2 aromatic carbocycles. The summed E-state index contributed by atoms with van der Waals surface area (Å²) >= 11 is 0. The van der Waals surface area contributed by atoms with Crippen molar-refractivity contribution in [3.63, 3.8) is 0 Å². The average molecular weight is 295 g/mol. The molecule has 0 bridgehead atoms. The van der Waals surface area contributed by atoms with Gasteiger partial charge in [0.25, 0.3) is 0 Å². The molecule has 0 radical (unpaired) electrons. The summed E-state index contributed by atoms with van der Waals surface area (Å²) in [6, 6.07) is 15.6. The van der Waals surface area contributed by atoms with Crippen molar-refractivity contribution in [2.75, 3.05) is 19.5 Å². The number of nitrogens with zero attached hydrogens (tertiary/aromatic N) is 2. The molecule has 0 aliphatic heterocycles. The van der Waals surface area contributed by atoms with Crippen LogP contribution in [0.5, 0.6) is 11.5 Å². The maximum atomic E-state index is 5.40. The van der Waals surface area contributed by atoms with Crippen LogP contribution in [0, 0.1) is 0 Å². The van der Waals surface area contributed by atoms with Crippen molar-refractivity contribution in [3.8, 4) is 17.2 Å². The Bertz CT molecular complexity index is 754. The van der Waals surface area contributed by atoms with Crippen molar-refractivity contribution >= 4 is 11.4 Å². The predicted molar refractivity (Wildman–Crippen MR) is 86.4 cm³/mol. The molecule has 0 aliphatic carbocycles. The van der Waals surface area contributed by atoms with Gasteiger partial charge in [-0.2, -0.15) is 5.10 Å². The molecule has 0 atom stereocenters. The molecule has 0 aliphatic rings. The van der Waals surface area contributed by atoms with Crippen LogP contribution in [-0.4, -0.2) is 24.0 Å². The van der Waals surface area contributed by atoms with Gasteiger partial charge in [-0.3, -0.25) is 0 Å². The Labute approximate surface area is 129 Å². The molecule has 0 amide bonds. The van der Waals surface area contributed by atoms with Crippen LogP contribution in [0.1, 0.15) is 0 Å². The second-order valence-electron chi connectivity index (χ2n) is 4.69. The van der Waals surface area contributed by atoms with Gasteiger partial charge in [0.15, 0.2) is 0 Å². The van der Waals surface area contributed by atoms with Crippen LogP contribution < -0.4 is 14.8 Å². The molecule has 0 saturated carbocycles. The summed E-state index contributed by atoms with van der Waals surface area (Å²) in [5.41, 5.74) is 2.82. The molecule has 1 aromatic heterocycles. The van der Waals surface area contributed by atoms with E-state index in [0.717, 1.165) is 28.6 Å². The number of methoxy groups -OCH3 is 2. The van der Waals surface area contributed by atoms with Crippen LogP contribution in [0.4, 0.5) is 11.4 Å². The normalized spacial score (nSPS) is 10.3. The summed E-state index contributed by atoms with van der Waals surface area (Å²) in [6.07, 6.45) is 3.67. The Morgan fingerprint density at radius 1 is 1.00 bits per heavy atom. The highest BCUT2D eigenvalue weighted by atomic mass is 16.5. The fourth-order valence-electron chi connectivity index (χ4n) is 2.21. The van der Waals surface area contributed by atoms with Gasteiger partial charge in [-0.05, 0) is 36.4 Å². The number of anilines is 2. The quantitative estimate of drug-likeness (QED) is 0.781. The van der Waals surface area contributed by atoms with Crippen molar-refractivity contribution in [2.24, 2.45) is 0 Å². The predicted octanol–water partition coefficient (Wildman–Crippen LogP) is 3.63. The van der Waals surface area contributed by atoms with Gasteiger partial charge >= 0.3 is 0 Å². The summed E-state index contributed by atoms with van der Waals surface area (Å²) in [4.78, 5) is 0. The Balaban J connectivity index is 1.89. The SMILES string of the molecule is COc1ccc(Nc2cccc(-n3cccn3)c2)c(OC)c1. The van der Waals surface area contributed by atoms with Gasteiger partial charge in [-0.15, -0.1) is 0 Å². The number of hydrogen-bond acceptors (Lipinski definition) is 4. The molecule has 3 rings (SSSR count). The van der Waals surface area contributed by atoms with E-state index >= 15 is 0 Å². The van der Waals surface area contributed by atoms with Gasteiger partial charge < -0.3 is 14.8 Å². The van der Waals surface area contributed by atoms with E-state index in [4.69, 9.17) is 9.47 Å². The van der Waals surface area contributed by atoms with Crippen LogP contribution in [0.3, 0.4) is 0 Å². The van der Waals surface area contributed by atoms with Gasteiger partial charge in [0.2, 0.25) is 0 Å². The summed E-state index contributed by atoms with van der Waals surface area (Å²) in [5, 5.41) is 7.59. The van der Waals surface area contributed by atoms with E-state index in [1.807, 2.05) is 59.4 Å². The number of hydrogen-bond donors (Lipinski definition) is 1. The van der Waals surface area contributed by atoms with Crippen molar-refractivity contribution in [2.45, 2.75) is 0 Å². The van der Waals surface area contributed by atoms with Gasteiger partial charge in [-0.1, -0.05) is 6.07 Å². The smallest absolute Gasteiger partial charge is 0.145 e. The highest BCUT2D eigenvalue weighted by molar-refractivity contribution is 5.68. The minimum absolute atomic E-state index is 0.726. The highest BCUT2D eigenvalue weighted by Crippen LogP contribution is 2.31. The molecule has 1 heterocycles. The first kappa shape index (κ1) is 14.0. The Kier molecular flexibility index (Phi) is 3.96. The summed E-state index contributed by atoms with van der Waals surface area (Å²) in [6.45, 7) is 0. The molecule has 5 heteroatoms. The average Bonchev–Trinajstić information content (AvgIpc) is 3.10. The van der Waals surface area contributed by atoms with Gasteiger partial charge in [-0.25, -0.2) is 4.68 Å². The third kappa shape index (κ3) is 2.88. The molecule has 0 spiro atoms. The Morgan fingerprint density at radius 2 is 1.91 bits per heavy atom. The number of rotatable bonds is 5. The van der Waals surface area contributed by atoms with E-state index in [2.05, 4.69) is 10.4 Å². The number of aromatic nitrogens is 2. The van der Waals surface area contributed by atoms with E-state index in [1.165, 1.54) is 0 Å². The van der Waals surface area contributed by atoms with E-state index in [-0.39, 0.29) is 0 Å². The first-order chi connectivity index (χ1) is 10.8. The molecule has 0 fully saturated rings. The largest absolute Gasteiger partial charge is 0.497 e. The maximum Gasteiger partial charge on any atom is 0.145 e. The third-order valence-electron chi connectivity index (χ3n) is 3.30. The first-order valence-electron chi connectivity index (χ1n) is 6.89. The fraction of sp³-hybridized carbons (Fsp3) is 0.118. The van der Waals surface area contributed by atoms with Crippen LogP contribution >= 0.6 is 0 Å². The van der Waals surface area contributed by atoms with Crippen LogP contribution in [0.25, 0.3) is 5.69 Å². The molecule has 3 aromatic rings. The van der Waals surface area contributed by atoms with Crippen LogP contribution in [0.2, 0.25) is 0 Å². The second-order valence-corrected chi connectivity index (χ2v) is 4.69. The van der Waals surface area contributed by atoms with E-state index in [0.29, 0.717) is 0 Å². The molecule has 22 heavy (non-hydrogen) atoms. The van der Waals surface area contributed by atoms with E-state index in [1.54, 1.807) is 20.4 Å². The van der Waals surface area contributed by atoms with Crippen molar-refractivity contribution < 1.29 is 9.47 Å². The lowest BCUT2D eigenvalue weighted by atomic mass is 10.2. The molecular weight excluding hydrogens is 278 g/mol. The zero-order valence-electron chi connectivity index (χ0n) is 12.5. The third-order valence-corrected chi connectivity index (χ3v) is 3.30. The molecule has 0 saturated heterocycles. The van der Waals surface area contributed by atoms with Gasteiger partial charge in [0.1, 0.15) is 11.5 Å². The lowest BCUT2D eigenvalue weighted by molar-refractivity contribution is 0.395. The zero-order chi connectivity index (χ0) is 15.4. The zero-order valence-corrected chi connectivity index (χ0v) is 12.5. The molecule has 112 valence electrons. The van der Waals surface area contributed by atoms with Gasteiger partial charge in [0.05, 0.1) is 25.6 Å². The number of nitrogens with one attached hydrogen (secondary N) is 1. The second kappa shape index (κ2) is 6.22. The minimum atomic E-state index is 0.726. The van der Waals surface area contributed by atoms with E-state index in [9.17, 15) is 0 Å². The highest BCUT2D eigenvalue weighted by Gasteiger charge is 2.06. The maximum absolute atomic E-state index is 5.40. The number of benzene rings is 2. The number of ether oxygens (including phenoxy) is 2. The summed E-state index contributed by atoms with van der Waals surface area (Å²) < 4.78 is 12.4. The van der Waals surface area contributed by atoms with Crippen molar-refractivity contribution in [1.29, 1.82) is 0 Å². The van der Waals surface area contributed by atoms with Crippen molar-refractivity contribution in [3.05, 3.63) is 60.9 Å². The fourth-order valence-corrected chi connectivity index (χ4v) is 2.21. The Hall–Kier alpha value is -2.95. The lowest BCUT2D eigenvalue weighted by Gasteiger charge is -2.13. The molecule has 1 N–H and O–H groups in total. The Morgan fingerprint density at radius 3 is 2.64 bits per heavy atom. The molecular formula is C17H17N3O2. The topological polar surface area (TPSA) is 48.3 Å². The minimum Gasteiger partial charge on any atom is -0.497 e. The van der Waals surface area contributed by atoms with Gasteiger partial charge in [0, 0.05) is 24.1 Å². The summed E-state index contributed by atoms with van der Waals surface area (Å²) in [7, 11) is 3.27. The monoisotopic (exact) mass is 295 g/mol. The van der Waals surface area contributed by atoms with Crippen LogP contribution in [-0.2, 0) is 0 Å². The molecule has 0 unspecified atom stereocenters. The molecule has 5 nitrogen and oxygen atoms in total. The van der Waals surface area contributed by atoms with Crippen molar-refractivity contribution in [1.82, 2.24) is 9.78 Å². The summed E-state index contributed by atoms with van der Waals surface area (Å²) in [5.74, 6) is 1.48. The lowest BCUT2D eigenvalue weighted by Crippen LogP contribution is -1.98. The van der Waals surface area contributed by atoms with E-state index < -0.39 is 0 Å². The first-order valence-corrected chi connectivity index (χ1v) is 6.89.